The van der Waals surface area contributed by atoms with Gasteiger partial charge in [-0.25, -0.2) is 0 Å². The maximum absolute atomic E-state index is 9.64. The van der Waals surface area contributed by atoms with Gasteiger partial charge in [0, 0.05) is 5.54 Å². The first-order chi connectivity index (χ1) is 9.19. The number of likely N-dealkylation sites (N-methyl/N-ethyl adjacent to an activating group) is 1. The van der Waals surface area contributed by atoms with Gasteiger partial charge in [0.2, 0.25) is 0 Å². The summed E-state index contributed by atoms with van der Waals surface area (Å²) in [5.74, 6) is 0.963. The van der Waals surface area contributed by atoms with Crippen LogP contribution < -0.4 is 5.32 Å². The molecule has 0 aliphatic carbocycles. The Morgan fingerprint density at radius 3 is 2.37 bits per heavy atom. The predicted molar refractivity (Wildman–Crippen MR) is 82.5 cm³/mol. The van der Waals surface area contributed by atoms with E-state index >= 15 is 0 Å². The summed E-state index contributed by atoms with van der Waals surface area (Å²) in [5.41, 5.74) is -0.0451. The first-order valence-corrected chi connectivity index (χ1v) is 8.28. The van der Waals surface area contributed by atoms with E-state index in [1.165, 1.54) is 45.3 Å². The molecule has 1 aliphatic rings. The van der Waals surface area contributed by atoms with Gasteiger partial charge >= 0.3 is 0 Å². The summed E-state index contributed by atoms with van der Waals surface area (Å²) in [6.45, 7) is 11.6. The Labute approximate surface area is 119 Å². The van der Waals surface area contributed by atoms with Crippen LogP contribution >= 0.6 is 0 Å². The molecule has 0 bridgehead atoms. The molecule has 0 radical (unpaired) electrons. The van der Waals surface area contributed by atoms with Gasteiger partial charge in [0.25, 0.3) is 0 Å². The second-order valence-corrected chi connectivity index (χ2v) is 6.12. The van der Waals surface area contributed by atoms with Crippen LogP contribution in [-0.4, -0.2) is 48.3 Å². The van der Waals surface area contributed by atoms with E-state index < -0.39 is 0 Å². The fourth-order valence-electron chi connectivity index (χ4n) is 3.27. The summed E-state index contributed by atoms with van der Waals surface area (Å²) in [7, 11) is 0. The summed E-state index contributed by atoms with van der Waals surface area (Å²) >= 11 is 0. The molecule has 19 heavy (non-hydrogen) atoms. The van der Waals surface area contributed by atoms with Gasteiger partial charge in [-0.05, 0) is 64.2 Å². The average Bonchev–Trinajstić information content (AvgIpc) is 2.47. The molecule has 1 rings (SSSR count). The Balaban J connectivity index is 2.25. The molecule has 1 heterocycles. The lowest BCUT2D eigenvalue weighted by Gasteiger charge is -2.35. The van der Waals surface area contributed by atoms with Gasteiger partial charge in [-0.1, -0.05) is 27.2 Å². The number of aliphatic hydroxyl groups is 1. The van der Waals surface area contributed by atoms with Crippen molar-refractivity contribution in [3.63, 3.8) is 0 Å². The lowest BCUT2D eigenvalue weighted by atomic mass is 9.90. The van der Waals surface area contributed by atoms with Crippen LogP contribution in [0.3, 0.4) is 0 Å². The highest BCUT2D eigenvalue weighted by Gasteiger charge is 2.26. The van der Waals surface area contributed by atoms with E-state index in [-0.39, 0.29) is 12.1 Å². The molecular formula is C16H34N2O. The second-order valence-electron chi connectivity index (χ2n) is 6.12. The fourth-order valence-corrected chi connectivity index (χ4v) is 3.27. The molecule has 3 nitrogen and oxygen atoms in total. The Kier molecular flexibility index (Phi) is 7.96. The normalized spacial score (nSPS) is 21.5. The molecular weight excluding hydrogens is 236 g/mol. The quantitative estimate of drug-likeness (QED) is 0.676. The zero-order valence-corrected chi connectivity index (χ0v) is 13.2. The SMILES string of the molecule is CCNC(CC)(CO)CCCN1CCC(CC)CC1. The Morgan fingerprint density at radius 1 is 1.21 bits per heavy atom. The minimum Gasteiger partial charge on any atom is -0.394 e. The van der Waals surface area contributed by atoms with Gasteiger partial charge in [-0.15, -0.1) is 0 Å². The van der Waals surface area contributed by atoms with Crippen molar-refractivity contribution in [3.05, 3.63) is 0 Å². The van der Waals surface area contributed by atoms with E-state index in [1.54, 1.807) is 0 Å². The van der Waals surface area contributed by atoms with Gasteiger partial charge < -0.3 is 15.3 Å². The Morgan fingerprint density at radius 2 is 1.89 bits per heavy atom. The third-order valence-electron chi connectivity index (χ3n) is 4.95. The van der Waals surface area contributed by atoms with Gasteiger partial charge in [0.1, 0.15) is 0 Å². The number of rotatable bonds is 9. The summed E-state index contributed by atoms with van der Waals surface area (Å²) in [6.07, 6.45) is 7.39. The molecule has 1 unspecified atom stereocenters. The minimum atomic E-state index is -0.0451. The monoisotopic (exact) mass is 270 g/mol. The summed E-state index contributed by atoms with van der Waals surface area (Å²) in [5, 5.41) is 13.1. The highest BCUT2D eigenvalue weighted by Crippen LogP contribution is 2.22. The van der Waals surface area contributed by atoms with Crippen LogP contribution in [0.25, 0.3) is 0 Å². The molecule has 1 aliphatic heterocycles. The largest absolute Gasteiger partial charge is 0.394 e. The van der Waals surface area contributed by atoms with E-state index in [9.17, 15) is 5.11 Å². The molecule has 114 valence electrons. The molecule has 0 aromatic rings. The number of nitrogens with zero attached hydrogens (tertiary/aromatic N) is 1. The topological polar surface area (TPSA) is 35.5 Å². The van der Waals surface area contributed by atoms with E-state index in [0.29, 0.717) is 0 Å². The van der Waals surface area contributed by atoms with Crippen molar-refractivity contribution in [3.8, 4) is 0 Å². The molecule has 0 spiro atoms. The third kappa shape index (κ3) is 5.41. The second kappa shape index (κ2) is 8.93. The van der Waals surface area contributed by atoms with Crippen molar-refractivity contribution in [2.24, 2.45) is 5.92 Å². The predicted octanol–water partition coefficient (Wildman–Crippen LogP) is 2.64. The summed E-state index contributed by atoms with van der Waals surface area (Å²) in [4.78, 5) is 2.61. The standard InChI is InChI=1S/C16H34N2O/c1-4-15-8-12-18(13-9-15)11-7-10-16(5-2,14-19)17-6-3/h15,17,19H,4-14H2,1-3H3. The minimum absolute atomic E-state index is 0.0451. The van der Waals surface area contributed by atoms with Gasteiger partial charge in [0.05, 0.1) is 6.61 Å². The van der Waals surface area contributed by atoms with Crippen LogP contribution in [0.4, 0.5) is 0 Å². The summed E-state index contributed by atoms with van der Waals surface area (Å²) < 4.78 is 0. The van der Waals surface area contributed by atoms with E-state index in [1.807, 2.05) is 0 Å². The maximum atomic E-state index is 9.64. The van der Waals surface area contributed by atoms with Crippen LogP contribution in [0.2, 0.25) is 0 Å². The molecule has 2 N–H and O–H groups in total. The smallest absolute Gasteiger partial charge is 0.0613 e. The van der Waals surface area contributed by atoms with Crippen LogP contribution in [0.15, 0.2) is 0 Å². The van der Waals surface area contributed by atoms with Crippen molar-refractivity contribution in [1.29, 1.82) is 0 Å². The number of aliphatic hydroxyl groups excluding tert-OH is 1. The Bertz CT molecular complexity index is 221. The van der Waals surface area contributed by atoms with Crippen LogP contribution in [-0.2, 0) is 0 Å². The highest BCUT2D eigenvalue weighted by atomic mass is 16.3. The zero-order chi connectivity index (χ0) is 14.1. The van der Waals surface area contributed by atoms with Crippen LogP contribution in [0.5, 0.6) is 0 Å². The number of nitrogens with one attached hydrogen (secondary N) is 1. The number of likely N-dealkylation sites (tertiary alicyclic amines) is 1. The van der Waals surface area contributed by atoms with Crippen LogP contribution in [0.1, 0.15) is 59.3 Å². The first kappa shape index (κ1) is 16.9. The molecule has 3 heteroatoms. The number of piperidine rings is 1. The average molecular weight is 270 g/mol. The van der Waals surface area contributed by atoms with Gasteiger partial charge in [-0.2, -0.15) is 0 Å². The lowest BCUT2D eigenvalue weighted by Crippen LogP contribution is -2.48. The molecule has 1 saturated heterocycles. The van der Waals surface area contributed by atoms with Crippen molar-refractivity contribution >= 4 is 0 Å². The molecule has 1 atom stereocenters. The highest BCUT2D eigenvalue weighted by molar-refractivity contribution is 4.86. The Hall–Kier alpha value is -0.120. The van der Waals surface area contributed by atoms with E-state index in [2.05, 4.69) is 31.0 Å². The first-order valence-electron chi connectivity index (χ1n) is 8.28. The molecule has 0 aromatic heterocycles. The molecule has 0 amide bonds. The van der Waals surface area contributed by atoms with Crippen molar-refractivity contribution < 1.29 is 5.11 Å². The van der Waals surface area contributed by atoms with Crippen molar-refractivity contribution in [1.82, 2.24) is 10.2 Å². The van der Waals surface area contributed by atoms with E-state index in [4.69, 9.17) is 0 Å². The molecule has 0 saturated carbocycles. The van der Waals surface area contributed by atoms with Crippen molar-refractivity contribution in [2.75, 3.05) is 32.8 Å². The lowest BCUT2D eigenvalue weighted by molar-refractivity contribution is 0.132. The maximum Gasteiger partial charge on any atom is 0.0613 e. The summed E-state index contributed by atoms with van der Waals surface area (Å²) in [6, 6.07) is 0. The van der Waals surface area contributed by atoms with Crippen molar-refractivity contribution in [2.45, 2.75) is 64.8 Å². The zero-order valence-electron chi connectivity index (χ0n) is 13.2. The number of hydrogen-bond donors (Lipinski definition) is 2. The van der Waals surface area contributed by atoms with E-state index in [0.717, 1.165) is 25.3 Å². The van der Waals surface area contributed by atoms with Gasteiger partial charge in [0.15, 0.2) is 0 Å². The van der Waals surface area contributed by atoms with Gasteiger partial charge in [-0.3, -0.25) is 0 Å². The van der Waals surface area contributed by atoms with Crippen LogP contribution in [0, 0.1) is 5.92 Å². The molecule has 0 aromatic carbocycles. The molecule has 1 fully saturated rings. The number of hydrogen-bond acceptors (Lipinski definition) is 3. The third-order valence-corrected chi connectivity index (χ3v) is 4.95. The fraction of sp³-hybridized carbons (Fsp3) is 1.00.